The Hall–Kier alpha value is -1.96. The van der Waals surface area contributed by atoms with Crippen molar-refractivity contribution in [3.05, 3.63) is 34.5 Å². The summed E-state index contributed by atoms with van der Waals surface area (Å²) >= 11 is 0. The first-order valence-electron chi connectivity index (χ1n) is 6.10. The zero-order chi connectivity index (χ0) is 15.0. The molecule has 0 aliphatic carbocycles. The molecule has 1 aliphatic rings. The van der Waals surface area contributed by atoms with E-state index in [4.69, 9.17) is 5.11 Å². The lowest BCUT2D eigenvalue weighted by Crippen LogP contribution is -2.51. The van der Waals surface area contributed by atoms with Crippen LogP contribution in [0.4, 0.5) is 4.79 Å². The molecule has 1 aliphatic heterocycles. The first-order valence-corrected chi connectivity index (χ1v) is 7.75. The normalized spacial score (nSPS) is 20.7. The van der Waals surface area contributed by atoms with E-state index in [0.717, 1.165) is 5.56 Å². The Morgan fingerprint density at radius 2 is 2.10 bits per heavy atom. The maximum absolute atomic E-state index is 12.4. The van der Waals surface area contributed by atoms with E-state index in [1.807, 2.05) is 5.32 Å². The molecule has 0 aromatic heterocycles. The molecule has 1 aromatic carbocycles. The average Bonchev–Trinajstić information content (AvgIpc) is 2.69. The van der Waals surface area contributed by atoms with Gasteiger partial charge in [0.2, 0.25) is 9.84 Å². The van der Waals surface area contributed by atoms with E-state index in [1.165, 1.54) is 0 Å². The van der Waals surface area contributed by atoms with E-state index in [-0.39, 0.29) is 5.75 Å². The Morgan fingerprint density at radius 3 is 2.65 bits per heavy atom. The van der Waals surface area contributed by atoms with E-state index >= 15 is 0 Å². The molecule has 0 radical (unpaired) electrons. The van der Waals surface area contributed by atoms with Crippen molar-refractivity contribution in [2.24, 2.45) is 9.98 Å². The van der Waals surface area contributed by atoms with Crippen molar-refractivity contribution in [2.75, 3.05) is 5.75 Å². The topological polar surface area (TPSA) is 108 Å². The minimum Gasteiger partial charge on any atom is -0.465 e. The lowest BCUT2D eigenvalue weighted by molar-refractivity contribution is 0.187. The van der Waals surface area contributed by atoms with Gasteiger partial charge in [0, 0.05) is 0 Å². The quantitative estimate of drug-likeness (QED) is 0.812. The van der Waals surface area contributed by atoms with Crippen LogP contribution in [0.25, 0.3) is 0 Å². The van der Waals surface area contributed by atoms with Crippen LogP contribution in [0.3, 0.4) is 0 Å². The molecule has 1 unspecified atom stereocenters. The van der Waals surface area contributed by atoms with E-state index in [0.29, 0.717) is 17.1 Å². The summed E-state index contributed by atoms with van der Waals surface area (Å²) in [7, 11) is -3.88. The van der Waals surface area contributed by atoms with Crippen LogP contribution in [0, 0.1) is 6.92 Å². The molecule has 0 fully saturated rings. The Morgan fingerprint density at radius 1 is 1.40 bits per heavy atom. The molecule has 0 saturated heterocycles. The highest BCUT2D eigenvalue weighted by atomic mass is 32.2. The van der Waals surface area contributed by atoms with Gasteiger partial charge in [-0.1, -0.05) is 19.1 Å². The Bertz CT molecular complexity index is 772. The van der Waals surface area contributed by atoms with E-state index < -0.39 is 21.0 Å². The van der Waals surface area contributed by atoms with Gasteiger partial charge in [-0.3, -0.25) is 5.32 Å². The highest BCUT2D eigenvalue weighted by Gasteiger charge is 2.46. The number of aryl methyl sites for hydroxylation is 1. The molecule has 8 heteroatoms. The number of nitrogens with one attached hydrogen (secondary N) is 1. The minimum atomic E-state index is -3.88. The van der Waals surface area contributed by atoms with Crippen LogP contribution < -0.4 is 16.0 Å². The Kier molecular flexibility index (Phi) is 3.51. The largest absolute Gasteiger partial charge is 0.465 e. The highest BCUT2D eigenvalue weighted by molar-refractivity contribution is 7.92. The van der Waals surface area contributed by atoms with Gasteiger partial charge in [0.15, 0.2) is 0 Å². The number of nitrogens with zero attached hydrogens (tertiary/aromatic N) is 2. The summed E-state index contributed by atoms with van der Waals surface area (Å²) in [6.07, 6.45) is -1.13. The Balaban J connectivity index is 2.71. The molecule has 1 aromatic rings. The van der Waals surface area contributed by atoms with Crippen molar-refractivity contribution in [1.82, 2.24) is 5.32 Å². The third-order valence-electron chi connectivity index (χ3n) is 2.93. The second-order valence-electron chi connectivity index (χ2n) is 4.52. The molecular weight excluding hydrogens is 282 g/mol. The zero-order valence-electron chi connectivity index (χ0n) is 11.1. The number of sulfone groups is 1. The Labute approximate surface area is 116 Å². The van der Waals surface area contributed by atoms with Crippen molar-refractivity contribution < 1.29 is 18.3 Å². The standard InChI is InChI=1S/C12H15N3O4S/c1-3-7-20(18,19)12(15-11(16)17)13-9-6-4-5-8(2)10(9)14-12/h4-6,15H,3,7H2,1-2H3,(H,16,17). The SMILES string of the molecule is CCCS(=O)(=O)C1(NC(=O)O)N=c2cccc(C)c2=N1. The van der Waals surface area contributed by atoms with Crippen LogP contribution in [-0.2, 0) is 9.84 Å². The van der Waals surface area contributed by atoms with Crippen molar-refractivity contribution in [3.63, 3.8) is 0 Å². The molecule has 2 rings (SSSR count). The summed E-state index contributed by atoms with van der Waals surface area (Å²) in [5.74, 6) is -0.201. The number of amides is 1. The summed E-state index contributed by atoms with van der Waals surface area (Å²) < 4.78 is 24.7. The predicted octanol–water partition coefficient (Wildman–Crippen LogP) is -0.0485. The van der Waals surface area contributed by atoms with Gasteiger partial charge in [-0.15, -0.1) is 0 Å². The minimum absolute atomic E-state index is 0.201. The van der Waals surface area contributed by atoms with Gasteiger partial charge in [0.25, 0.3) is 0 Å². The molecule has 7 nitrogen and oxygen atoms in total. The number of para-hydroxylation sites is 1. The predicted molar refractivity (Wildman–Crippen MR) is 71.5 cm³/mol. The van der Waals surface area contributed by atoms with Gasteiger partial charge in [-0.25, -0.2) is 23.2 Å². The summed E-state index contributed by atoms with van der Waals surface area (Å²) in [6, 6.07) is 5.09. The summed E-state index contributed by atoms with van der Waals surface area (Å²) in [5.41, 5.74) is 0.743. The zero-order valence-corrected chi connectivity index (χ0v) is 11.9. The highest BCUT2D eigenvalue weighted by Crippen LogP contribution is 2.21. The molecule has 2 N–H and O–H groups in total. The van der Waals surface area contributed by atoms with Gasteiger partial charge in [0.1, 0.15) is 0 Å². The number of fused-ring (bicyclic) bond motifs is 1. The summed E-state index contributed by atoms with van der Waals surface area (Å²) in [4.78, 5) is 19.0. The number of carboxylic acid groups (broad SMARTS) is 1. The van der Waals surface area contributed by atoms with Crippen LogP contribution in [0.15, 0.2) is 28.2 Å². The maximum Gasteiger partial charge on any atom is 0.408 e. The molecule has 20 heavy (non-hydrogen) atoms. The summed E-state index contributed by atoms with van der Waals surface area (Å²) in [6.45, 7) is 3.46. The van der Waals surface area contributed by atoms with E-state index in [2.05, 4.69) is 9.98 Å². The van der Waals surface area contributed by atoms with Crippen molar-refractivity contribution >= 4 is 15.9 Å². The van der Waals surface area contributed by atoms with Crippen LogP contribution in [0.1, 0.15) is 18.9 Å². The van der Waals surface area contributed by atoms with Crippen molar-refractivity contribution in [2.45, 2.75) is 25.4 Å². The van der Waals surface area contributed by atoms with Gasteiger partial charge in [0.05, 0.1) is 16.5 Å². The first kappa shape index (κ1) is 14.4. The fourth-order valence-electron chi connectivity index (χ4n) is 2.04. The number of hydrogen-bond donors (Lipinski definition) is 2. The van der Waals surface area contributed by atoms with E-state index in [1.54, 1.807) is 32.0 Å². The lowest BCUT2D eigenvalue weighted by Gasteiger charge is -2.22. The number of hydrogen-bond acceptors (Lipinski definition) is 5. The molecule has 108 valence electrons. The molecule has 0 spiro atoms. The number of carbonyl (C=O) groups is 1. The molecule has 1 atom stereocenters. The van der Waals surface area contributed by atoms with Gasteiger partial charge in [-0.05, 0) is 25.0 Å². The van der Waals surface area contributed by atoms with Crippen LogP contribution in [0.2, 0.25) is 0 Å². The molecule has 1 heterocycles. The van der Waals surface area contributed by atoms with Gasteiger partial charge >= 0.3 is 11.2 Å². The van der Waals surface area contributed by atoms with Crippen molar-refractivity contribution in [1.29, 1.82) is 0 Å². The van der Waals surface area contributed by atoms with Crippen molar-refractivity contribution in [3.8, 4) is 0 Å². The van der Waals surface area contributed by atoms with Gasteiger partial charge < -0.3 is 5.11 Å². The van der Waals surface area contributed by atoms with Crippen LogP contribution in [0.5, 0.6) is 0 Å². The number of benzene rings is 1. The van der Waals surface area contributed by atoms with Crippen LogP contribution >= 0.6 is 0 Å². The molecule has 0 saturated carbocycles. The second-order valence-corrected chi connectivity index (χ2v) is 6.73. The second kappa shape index (κ2) is 4.86. The third kappa shape index (κ3) is 2.26. The molecular formula is C12H15N3O4S. The fourth-order valence-corrected chi connectivity index (χ4v) is 3.57. The van der Waals surface area contributed by atoms with Crippen LogP contribution in [-0.4, -0.2) is 30.5 Å². The summed E-state index contributed by atoms with van der Waals surface area (Å²) in [5, 5.41) is 9.49. The molecule has 0 bridgehead atoms. The molecule has 1 amide bonds. The monoisotopic (exact) mass is 297 g/mol. The van der Waals surface area contributed by atoms with Gasteiger partial charge in [-0.2, -0.15) is 0 Å². The van der Waals surface area contributed by atoms with E-state index in [9.17, 15) is 13.2 Å². The lowest BCUT2D eigenvalue weighted by atomic mass is 10.2. The third-order valence-corrected chi connectivity index (χ3v) is 5.03. The smallest absolute Gasteiger partial charge is 0.408 e. The first-order chi connectivity index (χ1) is 9.31. The number of rotatable bonds is 4. The fraction of sp³-hybridized carbons (Fsp3) is 0.417. The maximum atomic E-state index is 12.4. The average molecular weight is 297 g/mol.